The predicted octanol–water partition coefficient (Wildman–Crippen LogP) is 2.56. The van der Waals surface area contributed by atoms with Crippen LogP contribution >= 0.6 is 15.9 Å². The Morgan fingerprint density at radius 2 is 1.75 bits per heavy atom. The van der Waals surface area contributed by atoms with Gasteiger partial charge < -0.3 is 4.90 Å². The average Bonchev–Trinajstić information content (AvgIpc) is 2.51. The summed E-state index contributed by atoms with van der Waals surface area (Å²) in [5, 5.41) is 0. The lowest BCUT2D eigenvalue weighted by molar-refractivity contribution is 0.249. The Balaban J connectivity index is 1.55. The smallest absolute Gasteiger partial charge is 0.147 e. The van der Waals surface area contributed by atoms with Crippen LogP contribution in [0.15, 0.2) is 47.3 Å². The molecule has 104 valence electrons. The second-order valence-corrected chi connectivity index (χ2v) is 5.87. The van der Waals surface area contributed by atoms with Crippen LogP contribution in [0.2, 0.25) is 0 Å². The first-order valence-corrected chi connectivity index (χ1v) is 7.58. The third-order valence-corrected chi connectivity index (χ3v) is 4.09. The van der Waals surface area contributed by atoms with Gasteiger partial charge in [-0.25, -0.2) is 4.98 Å². The van der Waals surface area contributed by atoms with Gasteiger partial charge in [-0.3, -0.25) is 9.88 Å². The molecule has 1 saturated heterocycles. The molecule has 0 aliphatic carbocycles. The molecule has 5 heteroatoms. The van der Waals surface area contributed by atoms with Crippen molar-refractivity contribution in [1.29, 1.82) is 0 Å². The molecule has 1 fully saturated rings. The molecule has 0 saturated carbocycles. The van der Waals surface area contributed by atoms with Gasteiger partial charge in [0.15, 0.2) is 0 Å². The molecule has 0 radical (unpaired) electrons. The molecule has 0 N–H and O–H groups in total. The molecule has 0 spiro atoms. The number of hydrogen-bond donors (Lipinski definition) is 0. The molecule has 1 aliphatic rings. The standard InChI is InChI=1S/C15H17BrN4/c16-14-3-1-13(2-4-14)12-19-7-9-20(10-8-19)15-11-17-5-6-18-15/h1-6,11H,7-10,12H2. The van der Waals surface area contributed by atoms with Gasteiger partial charge in [-0.15, -0.1) is 0 Å². The maximum absolute atomic E-state index is 4.36. The lowest BCUT2D eigenvalue weighted by Crippen LogP contribution is -2.46. The summed E-state index contributed by atoms with van der Waals surface area (Å²) in [6, 6.07) is 8.56. The van der Waals surface area contributed by atoms with Crippen molar-refractivity contribution in [1.82, 2.24) is 14.9 Å². The largest absolute Gasteiger partial charge is 0.353 e. The fraction of sp³-hybridized carbons (Fsp3) is 0.333. The zero-order valence-electron chi connectivity index (χ0n) is 11.2. The second-order valence-electron chi connectivity index (χ2n) is 4.95. The lowest BCUT2D eigenvalue weighted by atomic mass is 10.2. The van der Waals surface area contributed by atoms with Crippen molar-refractivity contribution >= 4 is 21.7 Å². The van der Waals surface area contributed by atoms with Gasteiger partial charge >= 0.3 is 0 Å². The summed E-state index contributed by atoms with van der Waals surface area (Å²) in [4.78, 5) is 13.3. The molecule has 1 aromatic heterocycles. The Labute approximate surface area is 127 Å². The van der Waals surface area contributed by atoms with Crippen molar-refractivity contribution in [3.05, 3.63) is 52.9 Å². The van der Waals surface area contributed by atoms with Gasteiger partial charge in [0.2, 0.25) is 0 Å². The Bertz CT molecular complexity index is 536. The molecule has 4 nitrogen and oxygen atoms in total. The van der Waals surface area contributed by atoms with E-state index >= 15 is 0 Å². The second kappa shape index (κ2) is 6.33. The van der Waals surface area contributed by atoms with Crippen LogP contribution in [-0.4, -0.2) is 41.0 Å². The minimum atomic E-state index is 0.982. The van der Waals surface area contributed by atoms with Crippen LogP contribution < -0.4 is 4.90 Å². The summed E-state index contributed by atoms with van der Waals surface area (Å²) in [5.41, 5.74) is 1.36. The van der Waals surface area contributed by atoms with E-state index in [-0.39, 0.29) is 0 Å². The highest BCUT2D eigenvalue weighted by Crippen LogP contribution is 2.15. The molecule has 20 heavy (non-hydrogen) atoms. The summed E-state index contributed by atoms with van der Waals surface area (Å²) in [5.74, 6) is 0.982. The first-order chi connectivity index (χ1) is 9.81. The van der Waals surface area contributed by atoms with Crippen LogP contribution in [0.25, 0.3) is 0 Å². The van der Waals surface area contributed by atoms with E-state index < -0.39 is 0 Å². The summed E-state index contributed by atoms with van der Waals surface area (Å²) in [7, 11) is 0. The molecule has 0 unspecified atom stereocenters. The van der Waals surface area contributed by atoms with E-state index in [1.807, 2.05) is 6.20 Å². The fourth-order valence-electron chi connectivity index (χ4n) is 2.44. The normalized spacial score (nSPS) is 16.4. The number of aromatic nitrogens is 2. The van der Waals surface area contributed by atoms with Gasteiger partial charge in [-0.2, -0.15) is 0 Å². The van der Waals surface area contributed by atoms with Crippen molar-refractivity contribution in [2.24, 2.45) is 0 Å². The molecule has 2 aromatic rings. The topological polar surface area (TPSA) is 32.3 Å². The van der Waals surface area contributed by atoms with Crippen LogP contribution in [0.5, 0.6) is 0 Å². The van der Waals surface area contributed by atoms with Crippen LogP contribution in [-0.2, 0) is 6.54 Å². The van der Waals surface area contributed by atoms with Gasteiger partial charge in [-0.1, -0.05) is 28.1 Å². The highest BCUT2D eigenvalue weighted by molar-refractivity contribution is 9.10. The zero-order valence-corrected chi connectivity index (χ0v) is 12.8. The number of anilines is 1. The fourth-order valence-corrected chi connectivity index (χ4v) is 2.70. The highest BCUT2D eigenvalue weighted by Gasteiger charge is 2.17. The van der Waals surface area contributed by atoms with E-state index in [0.717, 1.165) is 43.0 Å². The third-order valence-electron chi connectivity index (χ3n) is 3.57. The minimum Gasteiger partial charge on any atom is -0.353 e. The van der Waals surface area contributed by atoms with Crippen molar-refractivity contribution < 1.29 is 0 Å². The van der Waals surface area contributed by atoms with Crippen LogP contribution in [0, 0.1) is 0 Å². The van der Waals surface area contributed by atoms with Gasteiger partial charge in [0.25, 0.3) is 0 Å². The molecule has 0 bridgehead atoms. The molecular formula is C15H17BrN4. The monoisotopic (exact) mass is 332 g/mol. The van der Waals surface area contributed by atoms with Crippen LogP contribution in [0.1, 0.15) is 5.56 Å². The molecule has 1 aromatic carbocycles. The third kappa shape index (κ3) is 3.35. The van der Waals surface area contributed by atoms with Crippen molar-refractivity contribution in [2.45, 2.75) is 6.54 Å². The van der Waals surface area contributed by atoms with Crippen molar-refractivity contribution in [3.8, 4) is 0 Å². The zero-order chi connectivity index (χ0) is 13.8. The van der Waals surface area contributed by atoms with E-state index in [2.05, 4.69) is 60.0 Å². The number of piperazine rings is 1. The Morgan fingerprint density at radius 3 is 2.40 bits per heavy atom. The number of rotatable bonds is 3. The summed E-state index contributed by atoms with van der Waals surface area (Å²) in [6.45, 7) is 5.16. The van der Waals surface area contributed by atoms with Gasteiger partial charge in [-0.05, 0) is 17.7 Å². The Kier molecular flexibility index (Phi) is 4.28. The summed E-state index contributed by atoms with van der Waals surface area (Å²) in [6.07, 6.45) is 5.31. The predicted molar refractivity (Wildman–Crippen MR) is 83.7 cm³/mol. The highest BCUT2D eigenvalue weighted by atomic mass is 79.9. The van der Waals surface area contributed by atoms with Gasteiger partial charge in [0, 0.05) is 49.6 Å². The van der Waals surface area contributed by atoms with Crippen LogP contribution in [0.4, 0.5) is 5.82 Å². The quantitative estimate of drug-likeness (QED) is 0.864. The van der Waals surface area contributed by atoms with Crippen LogP contribution in [0.3, 0.4) is 0 Å². The SMILES string of the molecule is Brc1ccc(CN2CCN(c3cnccn3)CC2)cc1. The van der Waals surface area contributed by atoms with Crippen molar-refractivity contribution in [3.63, 3.8) is 0 Å². The van der Waals surface area contributed by atoms with E-state index in [1.165, 1.54) is 5.56 Å². The van der Waals surface area contributed by atoms with E-state index in [1.54, 1.807) is 12.4 Å². The maximum Gasteiger partial charge on any atom is 0.147 e. The molecule has 3 rings (SSSR count). The molecule has 2 heterocycles. The average molecular weight is 333 g/mol. The number of nitrogens with zero attached hydrogens (tertiary/aromatic N) is 4. The van der Waals surface area contributed by atoms with E-state index in [9.17, 15) is 0 Å². The maximum atomic E-state index is 4.36. The number of hydrogen-bond acceptors (Lipinski definition) is 4. The summed E-state index contributed by atoms with van der Waals surface area (Å²) < 4.78 is 1.13. The van der Waals surface area contributed by atoms with Gasteiger partial charge in [0.1, 0.15) is 5.82 Å². The van der Waals surface area contributed by atoms with E-state index in [0.29, 0.717) is 0 Å². The summed E-state index contributed by atoms with van der Waals surface area (Å²) >= 11 is 3.47. The molecule has 0 atom stereocenters. The first kappa shape index (κ1) is 13.5. The molecular weight excluding hydrogens is 316 g/mol. The first-order valence-electron chi connectivity index (χ1n) is 6.79. The van der Waals surface area contributed by atoms with Crippen molar-refractivity contribution in [2.75, 3.05) is 31.1 Å². The Hall–Kier alpha value is -1.46. The Morgan fingerprint density at radius 1 is 1.00 bits per heavy atom. The minimum absolute atomic E-state index is 0.982. The molecule has 0 amide bonds. The van der Waals surface area contributed by atoms with Gasteiger partial charge in [0.05, 0.1) is 6.20 Å². The lowest BCUT2D eigenvalue weighted by Gasteiger charge is -2.35. The number of halogens is 1. The number of benzene rings is 1. The van der Waals surface area contributed by atoms with E-state index in [4.69, 9.17) is 0 Å². The molecule has 1 aliphatic heterocycles.